The molecule has 0 fully saturated rings. The van der Waals surface area contributed by atoms with Crippen LogP contribution in [-0.2, 0) is 7.05 Å². The number of carboxylic acid groups (broad SMARTS) is 1. The minimum Gasteiger partial charge on any atom is -0.476 e. The summed E-state index contributed by atoms with van der Waals surface area (Å²) in [6.07, 6.45) is 0. The lowest BCUT2D eigenvalue weighted by Gasteiger charge is -2.00. The Hall–Kier alpha value is -2.22. The van der Waals surface area contributed by atoms with Gasteiger partial charge in [-0.3, -0.25) is 4.57 Å². The molecule has 0 saturated carbocycles. The number of aromatic nitrogens is 4. The second kappa shape index (κ2) is 4.41. The minimum absolute atomic E-state index is 0.117. The molecule has 0 amide bonds. The monoisotopic (exact) mass is 338 g/mol. The van der Waals surface area contributed by atoms with Crippen LogP contribution >= 0.6 is 15.9 Å². The van der Waals surface area contributed by atoms with Crippen molar-refractivity contribution in [2.24, 2.45) is 7.05 Å². The average molecular weight is 339 g/mol. The Balaban J connectivity index is 2.25. The van der Waals surface area contributed by atoms with Crippen LogP contribution in [0.4, 0.5) is 4.39 Å². The molecular weight excluding hydrogens is 331 g/mol. The van der Waals surface area contributed by atoms with E-state index in [0.29, 0.717) is 17.2 Å². The Bertz CT molecular complexity index is 839. The van der Waals surface area contributed by atoms with Gasteiger partial charge in [-0.2, -0.15) is 4.52 Å². The molecule has 102 valence electrons. The first-order chi connectivity index (χ1) is 9.49. The van der Waals surface area contributed by atoms with E-state index in [2.05, 4.69) is 26.0 Å². The highest BCUT2D eigenvalue weighted by atomic mass is 79.9. The number of aryl methyl sites for hydroxylation is 1. The smallest absolute Gasteiger partial charge is 0.357 e. The number of hydrogen-bond donors (Lipinski definition) is 1. The molecule has 8 heteroatoms. The maximum atomic E-state index is 13.3. The van der Waals surface area contributed by atoms with Gasteiger partial charge in [-0.1, -0.05) is 12.1 Å². The number of halogens is 2. The molecule has 0 spiro atoms. The molecule has 2 heterocycles. The molecule has 20 heavy (non-hydrogen) atoms. The van der Waals surface area contributed by atoms with Gasteiger partial charge in [-0.05, 0) is 28.1 Å². The summed E-state index contributed by atoms with van der Waals surface area (Å²) in [5.41, 5.74) is 0.468. The predicted octanol–water partition coefficient (Wildman–Crippen LogP) is 2.33. The van der Waals surface area contributed by atoms with Gasteiger partial charge in [0.2, 0.25) is 5.78 Å². The van der Waals surface area contributed by atoms with E-state index in [-0.39, 0.29) is 16.1 Å². The largest absolute Gasteiger partial charge is 0.476 e. The summed E-state index contributed by atoms with van der Waals surface area (Å²) in [6, 6.07) is 6.00. The highest BCUT2D eigenvalue weighted by Gasteiger charge is 2.21. The lowest BCUT2D eigenvalue weighted by molar-refractivity contribution is 0.0690. The zero-order valence-corrected chi connectivity index (χ0v) is 11.8. The van der Waals surface area contributed by atoms with E-state index in [1.165, 1.54) is 16.6 Å². The van der Waals surface area contributed by atoms with Gasteiger partial charge >= 0.3 is 5.97 Å². The fraction of sp³-hybridized carbons (Fsp3) is 0.0833. The summed E-state index contributed by atoms with van der Waals surface area (Å²) in [6.45, 7) is 0. The second-order valence-electron chi connectivity index (χ2n) is 4.16. The third-order valence-electron chi connectivity index (χ3n) is 2.88. The Labute approximate surface area is 120 Å². The summed E-state index contributed by atoms with van der Waals surface area (Å²) in [5.74, 6) is -0.665. The second-order valence-corrected chi connectivity index (χ2v) is 4.91. The minimum atomic E-state index is -1.14. The number of carboxylic acids is 1. The van der Waals surface area contributed by atoms with Crippen molar-refractivity contribution in [3.8, 4) is 11.4 Å². The number of imidazole rings is 1. The van der Waals surface area contributed by atoms with Crippen LogP contribution in [0, 0.1) is 5.82 Å². The molecule has 1 aromatic carbocycles. The number of rotatable bonds is 2. The van der Waals surface area contributed by atoms with Crippen LogP contribution in [-0.4, -0.2) is 30.2 Å². The Kier molecular flexibility index (Phi) is 2.82. The van der Waals surface area contributed by atoms with Crippen LogP contribution in [0.3, 0.4) is 0 Å². The van der Waals surface area contributed by atoms with Gasteiger partial charge in [0.25, 0.3) is 0 Å². The van der Waals surface area contributed by atoms with Crippen molar-refractivity contribution in [1.29, 1.82) is 0 Å². The Morgan fingerprint density at radius 1 is 1.45 bits per heavy atom. The highest BCUT2D eigenvalue weighted by molar-refractivity contribution is 9.10. The number of nitrogens with zero attached hydrogens (tertiary/aromatic N) is 4. The third-order valence-corrected chi connectivity index (χ3v) is 3.59. The number of carbonyl (C=O) groups is 1. The van der Waals surface area contributed by atoms with E-state index in [9.17, 15) is 9.18 Å². The van der Waals surface area contributed by atoms with Gasteiger partial charge in [0.15, 0.2) is 11.5 Å². The van der Waals surface area contributed by atoms with Crippen LogP contribution in [0.15, 0.2) is 28.9 Å². The quantitative estimate of drug-likeness (QED) is 0.778. The molecule has 0 aliphatic heterocycles. The van der Waals surface area contributed by atoms with E-state index in [1.807, 2.05) is 0 Å². The number of benzene rings is 1. The van der Waals surface area contributed by atoms with Crippen molar-refractivity contribution in [3.63, 3.8) is 0 Å². The summed E-state index contributed by atoms with van der Waals surface area (Å²) in [5, 5.41) is 13.3. The first-order valence-corrected chi connectivity index (χ1v) is 6.38. The SMILES string of the molecule is Cn1c(-c2cccc(F)c2)nn2c(Br)c(C(=O)O)nc12. The van der Waals surface area contributed by atoms with Crippen LogP contribution < -0.4 is 0 Å². The molecule has 3 rings (SSSR count). The molecule has 2 aromatic heterocycles. The van der Waals surface area contributed by atoms with Crippen molar-refractivity contribution in [2.45, 2.75) is 0 Å². The van der Waals surface area contributed by atoms with Gasteiger partial charge < -0.3 is 5.11 Å². The highest BCUT2D eigenvalue weighted by Crippen LogP contribution is 2.24. The lowest BCUT2D eigenvalue weighted by atomic mass is 10.2. The van der Waals surface area contributed by atoms with E-state index in [4.69, 9.17) is 5.11 Å². The molecule has 0 bridgehead atoms. The van der Waals surface area contributed by atoms with E-state index in [1.54, 1.807) is 23.7 Å². The molecule has 0 atom stereocenters. The zero-order valence-electron chi connectivity index (χ0n) is 10.2. The van der Waals surface area contributed by atoms with Gasteiger partial charge in [0.05, 0.1) is 0 Å². The summed E-state index contributed by atoms with van der Waals surface area (Å²) in [4.78, 5) is 15.0. The fourth-order valence-electron chi connectivity index (χ4n) is 1.96. The van der Waals surface area contributed by atoms with Gasteiger partial charge in [0.1, 0.15) is 10.4 Å². The van der Waals surface area contributed by atoms with Crippen molar-refractivity contribution in [3.05, 3.63) is 40.4 Å². The maximum Gasteiger partial charge on any atom is 0.357 e. The van der Waals surface area contributed by atoms with Crippen molar-refractivity contribution in [2.75, 3.05) is 0 Å². The molecule has 0 saturated heterocycles. The normalized spacial score (nSPS) is 11.2. The molecule has 0 radical (unpaired) electrons. The topological polar surface area (TPSA) is 72.4 Å². The molecule has 0 aliphatic rings. The van der Waals surface area contributed by atoms with Gasteiger partial charge in [-0.15, -0.1) is 5.10 Å². The van der Waals surface area contributed by atoms with E-state index >= 15 is 0 Å². The first-order valence-electron chi connectivity index (χ1n) is 5.59. The van der Waals surface area contributed by atoms with Crippen LogP contribution in [0.5, 0.6) is 0 Å². The average Bonchev–Trinajstić information content (AvgIpc) is 2.88. The van der Waals surface area contributed by atoms with Crippen LogP contribution in [0.1, 0.15) is 10.5 Å². The summed E-state index contributed by atoms with van der Waals surface area (Å²) >= 11 is 3.16. The van der Waals surface area contributed by atoms with Crippen molar-refractivity contribution in [1.82, 2.24) is 19.2 Å². The number of fused-ring (bicyclic) bond motifs is 1. The van der Waals surface area contributed by atoms with Crippen LogP contribution in [0.25, 0.3) is 17.2 Å². The van der Waals surface area contributed by atoms with Crippen LogP contribution in [0.2, 0.25) is 0 Å². The molecule has 6 nitrogen and oxygen atoms in total. The van der Waals surface area contributed by atoms with Crippen molar-refractivity contribution >= 4 is 27.7 Å². The summed E-state index contributed by atoms with van der Waals surface area (Å²) in [7, 11) is 1.69. The third kappa shape index (κ3) is 1.80. The number of aromatic carboxylic acids is 1. The Morgan fingerprint density at radius 2 is 2.20 bits per heavy atom. The number of hydrogen-bond acceptors (Lipinski definition) is 3. The fourth-order valence-corrected chi connectivity index (χ4v) is 2.45. The maximum absolute atomic E-state index is 13.3. The Morgan fingerprint density at radius 3 is 2.80 bits per heavy atom. The molecule has 3 aromatic rings. The van der Waals surface area contributed by atoms with E-state index in [0.717, 1.165) is 0 Å². The summed E-state index contributed by atoms with van der Waals surface area (Å²) < 4.78 is 16.5. The first kappa shape index (κ1) is 12.8. The van der Waals surface area contributed by atoms with E-state index < -0.39 is 5.97 Å². The van der Waals surface area contributed by atoms with Crippen molar-refractivity contribution < 1.29 is 14.3 Å². The van der Waals surface area contributed by atoms with Gasteiger partial charge in [0, 0.05) is 12.6 Å². The molecule has 1 N–H and O–H groups in total. The zero-order chi connectivity index (χ0) is 14.4. The standard InChI is InChI=1S/C12H8BrFN4O2/c1-17-10(6-3-2-4-7(14)5-6)16-18-9(13)8(11(19)20)15-12(17)18/h2-5H,1H3,(H,19,20). The molecule has 0 aliphatic carbocycles. The van der Waals surface area contributed by atoms with Gasteiger partial charge in [-0.25, -0.2) is 14.2 Å². The molecule has 0 unspecified atom stereocenters. The predicted molar refractivity (Wildman–Crippen MR) is 72.0 cm³/mol. The molecular formula is C12H8BrFN4O2. The lowest BCUT2D eigenvalue weighted by Crippen LogP contribution is -2.00.